The quantitative estimate of drug-likeness (QED) is 0.0319. The number of carboxylic acid groups (broad SMARTS) is 2. The van der Waals surface area contributed by atoms with E-state index in [1.165, 1.54) is 0 Å². The molecule has 4 amide bonds. The first-order chi connectivity index (χ1) is 35.9. The summed E-state index contributed by atoms with van der Waals surface area (Å²) in [6.07, 6.45) is 2.54. The molecule has 24 heteroatoms. The van der Waals surface area contributed by atoms with Gasteiger partial charge in [0, 0.05) is 80.0 Å². The van der Waals surface area contributed by atoms with Crippen molar-refractivity contribution in [3.63, 3.8) is 0 Å². The largest absolute Gasteiger partial charge is 0.480 e. The maximum atomic E-state index is 15.2. The molecule has 416 valence electrons. The molecule has 0 bridgehead atoms. The summed E-state index contributed by atoms with van der Waals surface area (Å²) in [6.45, 7) is 8.89. The van der Waals surface area contributed by atoms with E-state index in [-0.39, 0.29) is 126 Å². The zero-order chi connectivity index (χ0) is 55.2. The molecular weight excluding hydrogens is 1020 g/mol. The molecule has 4 unspecified atom stereocenters. The van der Waals surface area contributed by atoms with E-state index in [2.05, 4.69) is 16.0 Å². The summed E-state index contributed by atoms with van der Waals surface area (Å²) in [5.74, 6) is -5.56. The predicted octanol–water partition coefficient (Wildman–Crippen LogP) is 3.23. The van der Waals surface area contributed by atoms with Crippen LogP contribution in [0.3, 0.4) is 0 Å². The number of aromatic nitrogens is 1. The first-order valence-corrected chi connectivity index (χ1v) is 26.7. The second-order valence-electron chi connectivity index (χ2n) is 18.1. The number of nitrogens with zero attached hydrogens (tertiary/aromatic N) is 2. The molecule has 0 aliphatic rings. The highest BCUT2D eigenvalue weighted by atomic mass is 32.2. The van der Waals surface area contributed by atoms with Crippen molar-refractivity contribution in [1.82, 2.24) is 25.4 Å². The number of rotatable bonds is 39. The Balaban J connectivity index is 1.34. The van der Waals surface area contributed by atoms with E-state index in [0.717, 1.165) is 47.3 Å². The van der Waals surface area contributed by atoms with E-state index in [0.29, 0.717) is 37.1 Å². The van der Waals surface area contributed by atoms with Gasteiger partial charge >= 0.3 is 11.9 Å². The van der Waals surface area contributed by atoms with Gasteiger partial charge in [-0.3, -0.25) is 24.0 Å². The van der Waals surface area contributed by atoms with Crippen molar-refractivity contribution in [1.29, 1.82) is 0 Å². The number of halogens is 2. The summed E-state index contributed by atoms with van der Waals surface area (Å²) in [5.41, 5.74) is 13.0. The molecule has 9 N–H and O–H groups in total. The maximum Gasteiger partial charge on any atom is 0.327 e. The first-order valence-electron chi connectivity index (χ1n) is 24.5. The predicted molar refractivity (Wildman–Crippen MR) is 281 cm³/mol. The molecule has 3 rings (SSSR count). The average Bonchev–Trinajstić information content (AvgIpc) is 3.76. The van der Waals surface area contributed by atoms with E-state index in [1.807, 2.05) is 55.7 Å². The molecule has 20 nitrogen and oxygen atoms in total. The van der Waals surface area contributed by atoms with Gasteiger partial charge in [-0.05, 0) is 48.2 Å². The van der Waals surface area contributed by atoms with E-state index in [9.17, 15) is 43.1 Å². The summed E-state index contributed by atoms with van der Waals surface area (Å²) in [6, 6.07) is 11.7. The second kappa shape index (κ2) is 35.0. The number of benzene rings is 2. The minimum atomic E-state index is -1.28. The summed E-state index contributed by atoms with van der Waals surface area (Å²) in [5, 5.41) is 25.7. The Kier molecular flexibility index (Phi) is 29.8. The molecule has 0 spiro atoms. The Labute approximate surface area is 445 Å². The van der Waals surface area contributed by atoms with Gasteiger partial charge in [-0.2, -0.15) is 0 Å². The number of carboxylic acids is 2. The molecule has 4 atom stereocenters. The Morgan fingerprint density at radius 1 is 0.813 bits per heavy atom. The third-order valence-corrected chi connectivity index (χ3v) is 13.4. The first kappa shape index (κ1) is 63.8. The summed E-state index contributed by atoms with van der Waals surface area (Å²) in [4.78, 5) is 87.1. The average molecular weight is 1090 g/mol. The van der Waals surface area contributed by atoms with Gasteiger partial charge < -0.3 is 70.8 Å². The van der Waals surface area contributed by atoms with Crippen LogP contribution in [0.15, 0.2) is 60.8 Å². The third kappa shape index (κ3) is 24.4. The molecule has 3 aromatic rings. The number of aliphatic carboxylic acids is 2. The zero-order valence-electron chi connectivity index (χ0n) is 42.8. The van der Waals surface area contributed by atoms with E-state index >= 15 is 4.39 Å². The monoisotopic (exact) mass is 1090 g/mol. The minimum Gasteiger partial charge on any atom is -0.480 e. The fourth-order valence-electron chi connectivity index (χ4n) is 7.38. The van der Waals surface area contributed by atoms with Crippen molar-refractivity contribution >= 4 is 65.4 Å². The van der Waals surface area contributed by atoms with Crippen LogP contribution >= 0.6 is 23.5 Å². The van der Waals surface area contributed by atoms with Gasteiger partial charge in [-0.15, -0.1) is 23.5 Å². The molecule has 0 fully saturated rings. The van der Waals surface area contributed by atoms with Crippen molar-refractivity contribution < 1.29 is 71.5 Å². The van der Waals surface area contributed by atoms with Gasteiger partial charge in [0.15, 0.2) is 0 Å². The lowest BCUT2D eigenvalue weighted by atomic mass is 9.83. The fraction of sp³-hybridized carbons (Fsp3) is 0.549. The second-order valence-corrected chi connectivity index (χ2v) is 20.4. The minimum absolute atomic E-state index is 0.0108. The van der Waals surface area contributed by atoms with Crippen LogP contribution < -0.4 is 27.4 Å². The van der Waals surface area contributed by atoms with Gasteiger partial charge in [0.25, 0.3) is 0 Å². The lowest BCUT2D eigenvalue weighted by Gasteiger charge is -2.41. The van der Waals surface area contributed by atoms with Gasteiger partial charge in [0.2, 0.25) is 23.6 Å². The number of amides is 4. The van der Waals surface area contributed by atoms with Gasteiger partial charge in [-0.25, -0.2) is 13.6 Å². The van der Waals surface area contributed by atoms with E-state index in [4.69, 9.17) is 35.5 Å². The third-order valence-electron chi connectivity index (χ3n) is 11.1. The van der Waals surface area contributed by atoms with Crippen molar-refractivity contribution in [2.75, 3.05) is 96.3 Å². The van der Waals surface area contributed by atoms with Gasteiger partial charge in [0.1, 0.15) is 30.0 Å². The molecule has 1 aromatic heterocycles. The topological polar surface area (TPSA) is 293 Å². The molecule has 0 aliphatic carbocycles. The van der Waals surface area contributed by atoms with Gasteiger partial charge in [0.05, 0.1) is 69.9 Å². The molecular formula is C51H73F2N7O13S2. The number of aldehydes is 1. The summed E-state index contributed by atoms with van der Waals surface area (Å²) in [7, 11) is 0. The number of ether oxygens (including phenoxy) is 4. The van der Waals surface area contributed by atoms with Crippen molar-refractivity contribution in [2.45, 2.75) is 76.4 Å². The number of carbonyl (C=O) groups is 7. The van der Waals surface area contributed by atoms with Crippen molar-refractivity contribution in [2.24, 2.45) is 16.9 Å². The highest BCUT2D eigenvalue weighted by Gasteiger charge is 2.37. The van der Waals surface area contributed by atoms with Crippen molar-refractivity contribution in [3.05, 3.63) is 83.7 Å². The number of nitrogens with one attached hydrogen (secondary N) is 3. The Morgan fingerprint density at radius 3 is 2.08 bits per heavy atom. The number of carbonyl (C=O) groups excluding carboxylic acids is 5. The lowest BCUT2D eigenvalue weighted by molar-refractivity contribution is -0.141. The van der Waals surface area contributed by atoms with E-state index < -0.39 is 64.2 Å². The van der Waals surface area contributed by atoms with Crippen LogP contribution in [0.5, 0.6) is 0 Å². The standard InChI is InChI=1S/C51H73F2N7O13S2/c1-51(2,3)47(42-28-36(38-29-37(52)10-11-39(38)53)31-59(42)30-35-8-5-4-6-9-35)60(18-7-15-54)46(64)34-74-33-41(50(68)69)58-45(63)14-20-70-22-24-72-26-27-73-25-23-71-21-17-56-44(62)12-16-57-48(65)43(13-19-61)75-32-40(55)49(66)67/h4-6,8-11,19,28-29,31,40-41,43,47H,7,12-18,20-27,30,32-34,54-55H2,1-3H3,(H,56,62)(H,57,65)(H,58,63)(H,66,67)(H,68,69). The highest BCUT2D eigenvalue weighted by Crippen LogP contribution is 2.41. The SMILES string of the molecule is CC(C)(C)C(c1cc(-c2cc(F)ccc2F)cn1Cc1ccccc1)N(CCCN)C(=O)CSCC(NC(=O)CCOCCOCCOCCOCCNC(=O)CCNC(=O)C(CC=O)SCC(N)C(=O)O)C(=O)O. The molecule has 0 saturated carbocycles. The molecule has 0 radical (unpaired) electrons. The normalized spacial score (nSPS) is 13.1. The number of hydrogen-bond donors (Lipinski definition) is 7. The molecule has 2 aromatic carbocycles. The summed E-state index contributed by atoms with van der Waals surface area (Å²) >= 11 is 2.03. The van der Waals surface area contributed by atoms with Gasteiger partial charge in [-0.1, -0.05) is 51.1 Å². The number of thioether (sulfide) groups is 2. The Bertz CT molecular complexity index is 2260. The van der Waals surface area contributed by atoms with Crippen LogP contribution in [0, 0.1) is 17.0 Å². The molecule has 75 heavy (non-hydrogen) atoms. The van der Waals surface area contributed by atoms with Crippen LogP contribution in [0.2, 0.25) is 0 Å². The number of nitrogens with two attached hydrogens (primary N) is 2. The molecule has 0 aliphatic heterocycles. The van der Waals surface area contributed by atoms with E-state index in [1.54, 1.807) is 17.2 Å². The zero-order valence-corrected chi connectivity index (χ0v) is 44.4. The highest BCUT2D eigenvalue weighted by molar-refractivity contribution is 8.00. The van der Waals surface area contributed by atoms with Crippen LogP contribution in [0.25, 0.3) is 11.1 Å². The smallest absolute Gasteiger partial charge is 0.327 e. The summed E-state index contributed by atoms with van der Waals surface area (Å²) < 4.78 is 53.4. The van der Waals surface area contributed by atoms with Crippen LogP contribution in [0.4, 0.5) is 8.78 Å². The number of hydrogen-bond acceptors (Lipinski definition) is 15. The Hall–Kier alpha value is -5.47. The van der Waals surface area contributed by atoms with Crippen LogP contribution in [-0.4, -0.2) is 175 Å². The molecule has 1 heterocycles. The van der Waals surface area contributed by atoms with Crippen molar-refractivity contribution in [3.8, 4) is 11.1 Å². The van der Waals surface area contributed by atoms with Crippen LogP contribution in [0.1, 0.15) is 63.8 Å². The molecule has 0 saturated heterocycles. The maximum absolute atomic E-state index is 15.2. The fourth-order valence-corrected chi connectivity index (χ4v) is 9.33. The van der Waals surface area contributed by atoms with Crippen LogP contribution in [-0.2, 0) is 59.1 Å². The Morgan fingerprint density at radius 2 is 1.47 bits per heavy atom. The lowest BCUT2D eigenvalue weighted by Crippen LogP contribution is -2.45.